The molecule has 0 aromatic heterocycles. The molecule has 0 fully saturated rings. The molecule has 1 aromatic carbocycles. The van der Waals surface area contributed by atoms with Crippen LogP contribution >= 0.6 is 0 Å². The Morgan fingerprint density at radius 3 is 2.81 bits per heavy atom. The van der Waals surface area contributed by atoms with E-state index in [1.54, 1.807) is 6.07 Å². The summed E-state index contributed by atoms with van der Waals surface area (Å²) < 4.78 is 17.9. The average Bonchev–Trinajstić information content (AvgIpc) is 2.50. The van der Waals surface area contributed by atoms with Gasteiger partial charge in [-0.25, -0.2) is 9.18 Å². The van der Waals surface area contributed by atoms with Gasteiger partial charge >= 0.3 is 5.97 Å². The fourth-order valence-corrected chi connectivity index (χ4v) is 2.14. The van der Waals surface area contributed by atoms with E-state index in [0.29, 0.717) is 0 Å². The van der Waals surface area contributed by atoms with Crippen LogP contribution in [0.15, 0.2) is 18.2 Å². The van der Waals surface area contributed by atoms with Crippen molar-refractivity contribution in [2.24, 2.45) is 0 Å². The first-order valence-electron chi connectivity index (χ1n) is 5.11. The van der Waals surface area contributed by atoms with Gasteiger partial charge in [-0.3, -0.25) is 0 Å². The molecule has 0 spiro atoms. The molecule has 0 radical (unpaired) electrons. The zero-order chi connectivity index (χ0) is 11.9. The van der Waals surface area contributed by atoms with Gasteiger partial charge in [0.2, 0.25) is 0 Å². The zero-order valence-corrected chi connectivity index (χ0v) is 9.50. The van der Waals surface area contributed by atoms with Crippen LogP contribution in [0, 0.1) is 5.82 Å². The van der Waals surface area contributed by atoms with Crippen molar-refractivity contribution in [3.05, 3.63) is 29.6 Å². The third-order valence-electron chi connectivity index (χ3n) is 3.13. The minimum absolute atomic E-state index is 0.292. The highest BCUT2D eigenvalue weighted by molar-refractivity contribution is 5.85. The Labute approximate surface area is 93.6 Å². The lowest BCUT2D eigenvalue weighted by Gasteiger charge is -2.25. The molecule has 1 aromatic rings. The number of ether oxygens (including phenoxy) is 1. The van der Waals surface area contributed by atoms with Crippen LogP contribution in [0.3, 0.4) is 0 Å². The SMILES string of the molecule is COC(=O)C1Nc2ccc(F)cc2C1(C)C. The van der Waals surface area contributed by atoms with Gasteiger partial charge in [0.05, 0.1) is 7.11 Å². The third kappa shape index (κ3) is 1.45. The van der Waals surface area contributed by atoms with Crippen molar-refractivity contribution in [1.29, 1.82) is 0 Å². The van der Waals surface area contributed by atoms with Crippen molar-refractivity contribution in [3.63, 3.8) is 0 Å². The number of hydrogen-bond acceptors (Lipinski definition) is 3. The molecule has 1 N–H and O–H groups in total. The van der Waals surface area contributed by atoms with Gasteiger partial charge in [-0.2, -0.15) is 0 Å². The Morgan fingerprint density at radius 2 is 2.19 bits per heavy atom. The van der Waals surface area contributed by atoms with Gasteiger partial charge in [0.1, 0.15) is 11.9 Å². The Kier molecular flexibility index (Phi) is 2.37. The maximum atomic E-state index is 13.2. The predicted molar refractivity (Wildman–Crippen MR) is 58.9 cm³/mol. The van der Waals surface area contributed by atoms with Crippen molar-refractivity contribution in [3.8, 4) is 0 Å². The molecule has 0 saturated heterocycles. The van der Waals surface area contributed by atoms with Crippen LogP contribution in [0.5, 0.6) is 0 Å². The van der Waals surface area contributed by atoms with Crippen LogP contribution in [-0.2, 0) is 14.9 Å². The average molecular weight is 223 g/mol. The van der Waals surface area contributed by atoms with Crippen LogP contribution < -0.4 is 5.32 Å². The van der Waals surface area contributed by atoms with E-state index in [0.717, 1.165) is 11.3 Å². The minimum Gasteiger partial charge on any atom is -0.467 e. The highest BCUT2D eigenvalue weighted by Gasteiger charge is 2.44. The van der Waals surface area contributed by atoms with Crippen molar-refractivity contribution < 1.29 is 13.9 Å². The Bertz CT molecular complexity index is 443. The fraction of sp³-hybridized carbons (Fsp3) is 0.417. The summed E-state index contributed by atoms with van der Waals surface area (Å²) in [6.07, 6.45) is 0. The molecule has 0 saturated carbocycles. The molecule has 3 nitrogen and oxygen atoms in total. The van der Waals surface area contributed by atoms with E-state index >= 15 is 0 Å². The van der Waals surface area contributed by atoms with Crippen LogP contribution in [0.25, 0.3) is 0 Å². The number of esters is 1. The van der Waals surface area contributed by atoms with E-state index < -0.39 is 11.5 Å². The number of anilines is 1. The summed E-state index contributed by atoms with van der Waals surface area (Å²) in [5, 5.41) is 3.06. The van der Waals surface area contributed by atoms with Gasteiger partial charge in [-0.1, -0.05) is 13.8 Å². The number of carbonyl (C=O) groups is 1. The summed E-state index contributed by atoms with van der Waals surface area (Å²) in [6.45, 7) is 3.79. The molecule has 16 heavy (non-hydrogen) atoms. The number of methoxy groups -OCH3 is 1. The molecular weight excluding hydrogens is 209 g/mol. The van der Waals surface area contributed by atoms with Crippen LogP contribution in [0.1, 0.15) is 19.4 Å². The summed E-state index contributed by atoms with van der Waals surface area (Å²) in [6, 6.07) is 4.02. The van der Waals surface area contributed by atoms with Gasteiger partial charge in [-0.05, 0) is 23.8 Å². The number of rotatable bonds is 1. The minimum atomic E-state index is -0.468. The molecule has 1 atom stereocenters. The van der Waals surface area contributed by atoms with E-state index in [1.807, 2.05) is 13.8 Å². The molecule has 0 amide bonds. The van der Waals surface area contributed by atoms with Crippen molar-refractivity contribution >= 4 is 11.7 Å². The van der Waals surface area contributed by atoms with E-state index in [9.17, 15) is 9.18 Å². The second-order valence-electron chi connectivity index (χ2n) is 4.51. The Balaban J connectivity index is 2.46. The molecule has 2 rings (SSSR count). The Hall–Kier alpha value is -1.58. The van der Waals surface area contributed by atoms with Gasteiger partial charge in [-0.15, -0.1) is 0 Å². The second-order valence-corrected chi connectivity index (χ2v) is 4.51. The van der Waals surface area contributed by atoms with Crippen LogP contribution in [0.4, 0.5) is 10.1 Å². The van der Waals surface area contributed by atoms with Crippen molar-refractivity contribution in [2.75, 3.05) is 12.4 Å². The maximum Gasteiger partial charge on any atom is 0.329 e. The number of carbonyl (C=O) groups excluding carboxylic acids is 1. The van der Waals surface area contributed by atoms with E-state index in [2.05, 4.69) is 5.32 Å². The number of halogens is 1. The normalized spacial score (nSPS) is 21.1. The lowest BCUT2D eigenvalue weighted by Crippen LogP contribution is -2.41. The first-order valence-corrected chi connectivity index (χ1v) is 5.11. The zero-order valence-electron chi connectivity index (χ0n) is 9.50. The van der Waals surface area contributed by atoms with Crippen molar-refractivity contribution in [2.45, 2.75) is 25.3 Å². The monoisotopic (exact) mass is 223 g/mol. The quantitative estimate of drug-likeness (QED) is 0.741. The summed E-state index contributed by atoms with van der Waals surface area (Å²) in [4.78, 5) is 11.6. The lowest BCUT2D eigenvalue weighted by atomic mass is 9.80. The number of fused-ring (bicyclic) bond motifs is 1. The second kappa shape index (κ2) is 3.47. The van der Waals surface area contributed by atoms with Crippen molar-refractivity contribution in [1.82, 2.24) is 0 Å². The Morgan fingerprint density at radius 1 is 1.50 bits per heavy atom. The number of hydrogen-bond donors (Lipinski definition) is 1. The highest BCUT2D eigenvalue weighted by Crippen LogP contribution is 2.41. The van der Waals surface area contributed by atoms with E-state index in [1.165, 1.54) is 19.2 Å². The lowest BCUT2D eigenvalue weighted by molar-refractivity contribution is -0.142. The third-order valence-corrected chi connectivity index (χ3v) is 3.13. The summed E-state index contributed by atoms with van der Waals surface area (Å²) >= 11 is 0. The molecule has 4 heteroatoms. The summed E-state index contributed by atoms with van der Waals surface area (Å²) in [5.74, 6) is -0.624. The maximum absolute atomic E-state index is 13.2. The largest absolute Gasteiger partial charge is 0.467 e. The van der Waals surface area contributed by atoms with Crippen LogP contribution in [0.2, 0.25) is 0 Å². The van der Waals surface area contributed by atoms with Gasteiger partial charge in [0, 0.05) is 11.1 Å². The highest BCUT2D eigenvalue weighted by atomic mass is 19.1. The molecule has 86 valence electrons. The molecule has 1 aliphatic heterocycles. The first kappa shape index (κ1) is 10.9. The van der Waals surface area contributed by atoms with Crippen LogP contribution in [-0.4, -0.2) is 19.1 Å². The molecule has 0 aliphatic carbocycles. The van der Waals surface area contributed by atoms with Gasteiger partial charge in [0.25, 0.3) is 0 Å². The topological polar surface area (TPSA) is 38.3 Å². The van der Waals surface area contributed by atoms with E-state index in [4.69, 9.17) is 4.74 Å². The molecule has 1 aliphatic rings. The predicted octanol–water partition coefficient (Wildman–Crippen LogP) is 2.07. The van der Waals surface area contributed by atoms with Gasteiger partial charge in [0.15, 0.2) is 0 Å². The smallest absolute Gasteiger partial charge is 0.329 e. The fourth-order valence-electron chi connectivity index (χ4n) is 2.14. The summed E-state index contributed by atoms with van der Waals surface area (Å²) in [5.41, 5.74) is 1.13. The molecule has 1 heterocycles. The molecule has 1 unspecified atom stereocenters. The molecule has 0 bridgehead atoms. The first-order chi connectivity index (χ1) is 7.46. The number of benzene rings is 1. The standard InChI is InChI=1S/C12H14FNO2/c1-12(2)8-6-7(13)4-5-9(8)14-10(12)11(15)16-3/h4-6,10,14H,1-3H3. The van der Waals surface area contributed by atoms with Gasteiger partial charge < -0.3 is 10.1 Å². The molecular formula is C12H14FNO2. The number of nitrogens with one attached hydrogen (secondary N) is 1. The van der Waals surface area contributed by atoms with E-state index in [-0.39, 0.29) is 11.8 Å². The summed E-state index contributed by atoms with van der Waals surface area (Å²) in [7, 11) is 1.35.